The van der Waals surface area contributed by atoms with Crippen molar-refractivity contribution in [3.05, 3.63) is 83.2 Å². The Bertz CT molecular complexity index is 2680. The van der Waals surface area contributed by atoms with Crippen LogP contribution >= 0.6 is 11.3 Å². The van der Waals surface area contributed by atoms with Crippen LogP contribution in [-0.2, 0) is 14.0 Å². The van der Waals surface area contributed by atoms with E-state index in [1.165, 1.54) is 0 Å². The molecule has 0 unspecified atom stereocenters. The van der Waals surface area contributed by atoms with Crippen molar-refractivity contribution < 1.29 is 28.4 Å². The molecule has 0 saturated carbocycles. The van der Waals surface area contributed by atoms with E-state index in [-0.39, 0.29) is 52.7 Å². The lowest BCUT2D eigenvalue weighted by molar-refractivity contribution is -0.141. The molecule has 5 aromatic rings. The second-order valence-corrected chi connectivity index (χ2v) is 27.9. The molecule has 0 radical (unpaired) electrons. The van der Waals surface area contributed by atoms with E-state index < -0.39 is 20.3 Å². The van der Waals surface area contributed by atoms with E-state index in [1.807, 2.05) is 63.5 Å². The second-order valence-electron chi connectivity index (χ2n) is 22.2. The van der Waals surface area contributed by atoms with Gasteiger partial charge in [-0.1, -0.05) is 71.0 Å². The Balaban J connectivity index is 0.790. The summed E-state index contributed by atoms with van der Waals surface area (Å²) >= 11 is 1.61. The Labute approximate surface area is 430 Å². The van der Waals surface area contributed by atoms with Crippen molar-refractivity contribution >= 4 is 43.0 Å². The number of para-hydroxylation sites is 1. The molecule has 2 amide bonds. The number of likely N-dealkylation sites (tertiary alicyclic amines) is 2. The van der Waals surface area contributed by atoms with Crippen molar-refractivity contribution in [2.75, 3.05) is 62.6 Å². The summed E-state index contributed by atoms with van der Waals surface area (Å²) in [6, 6.07) is 19.3. The zero-order chi connectivity index (χ0) is 51.1. The number of piperazine rings is 1. The van der Waals surface area contributed by atoms with E-state index in [0.29, 0.717) is 48.5 Å². The molecule has 2 aromatic carbocycles. The monoisotopic (exact) mass is 1020 g/mol. The van der Waals surface area contributed by atoms with Gasteiger partial charge in [0.05, 0.1) is 45.7 Å². The third kappa shape index (κ3) is 10.9. The lowest BCUT2D eigenvalue weighted by Gasteiger charge is -2.51. The summed E-state index contributed by atoms with van der Waals surface area (Å²) in [5.41, 5.74) is 7.31. The molecular formula is C54H74N10O6SSi. The Kier molecular flexibility index (Phi) is 15.2. The molecule has 386 valence electrons. The standard InChI is InChI=1S/C54H74N10O6SSi/c1-33(2)49(53(67)64-30-40(70-72(9,10)54(6,7)8)27-44(64)52(66)57-34(3)37-15-17-38(18-16-37)50-36(5)55-32-71-50)47-29-48(60-69-47)68-26-25-61-21-19-39(20-22-61)62-23-24-63-43-28-42(41-13-11-12-14-46(41)65)58-59-51(43)56-35(4)45(63)31-62/h11-18,28-29,32-35,39-40,44-45,49,65H,19-27,30-31H2,1-10H3,(H,56,59)(H,57,66)/t34-,35-,40+,44-,45-,49+/m0/s1. The van der Waals surface area contributed by atoms with Crippen LogP contribution in [0.25, 0.3) is 21.7 Å². The third-order valence-corrected chi connectivity index (χ3v) is 21.5. The van der Waals surface area contributed by atoms with Crippen LogP contribution in [0.1, 0.15) is 96.7 Å². The summed E-state index contributed by atoms with van der Waals surface area (Å²) in [6.07, 6.45) is 2.29. The quantitative estimate of drug-likeness (QED) is 0.0850. The number of amides is 2. The maximum Gasteiger partial charge on any atom is 0.254 e. The lowest BCUT2D eigenvalue weighted by Crippen LogP contribution is -2.63. The fourth-order valence-electron chi connectivity index (χ4n) is 10.8. The number of aromatic hydroxyl groups is 1. The maximum atomic E-state index is 14.9. The van der Waals surface area contributed by atoms with Crippen LogP contribution in [0, 0.1) is 12.8 Å². The first-order valence-corrected chi connectivity index (χ1v) is 29.7. The summed E-state index contributed by atoms with van der Waals surface area (Å²) in [5.74, 6) is 0.583. The third-order valence-electron chi connectivity index (χ3n) is 16.0. The minimum Gasteiger partial charge on any atom is -0.507 e. The van der Waals surface area contributed by atoms with Crippen LogP contribution in [-0.4, -0.2) is 143 Å². The molecule has 16 nitrogen and oxygen atoms in total. The van der Waals surface area contributed by atoms with Crippen molar-refractivity contribution in [3.63, 3.8) is 0 Å². The number of phenols is 1. The average molecular weight is 1020 g/mol. The zero-order valence-corrected chi connectivity index (χ0v) is 45.5. The van der Waals surface area contributed by atoms with E-state index >= 15 is 0 Å². The number of carbonyl (C=O) groups excluding carboxylic acids is 2. The molecular weight excluding hydrogens is 945 g/mol. The van der Waals surface area contributed by atoms with Crippen molar-refractivity contribution in [2.24, 2.45) is 5.92 Å². The van der Waals surface area contributed by atoms with Gasteiger partial charge >= 0.3 is 0 Å². The molecule has 3 saturated heterocycles. The smallest absolute Gasteiger partial charge is 0.254 e. The number of nitrogens with zero attached hydrogens (tertiary/aromatic N) is 8. The summed E-state index contributed by atoms with van der Waals surface area (Å²) in [7, 11) is -2.23. The first-order chi connectivity index (χ1) is 34.3. The number of aryl methyl sites for hydroxylation is 1. The van der Waals surface area contributed by atoms with Crippen LogP contribution in [0.2, 0.25) is 18.1 Å². The van der Waals surface area contributed by atoms with Crippen molar-refractivity contribution in [3.8, 4) is 33.3 Å². The molecule has 9 rings (SSSR count). The molecule has 0 bridgehead atoms. The molecule has 0 spiro atoms. The molecule has 3 aromatic heterocycles. The summed E-state index contributed by atoms with van der Waals surface area (Å²) in [4.78, 5) is 44.1. The predicted molar refractivity (Wildman–Crippen MR) is 285 cm³/mol. The molecule has 4 aliphatic heterocycles. The number of ether oxygens (including phenoxy) is 1. The molecule has 6 atom stereocenters. The van der Waals surface area contributed by atoms with Gasteiger partial charge < -0.3 is 39.2 Å². The van der Waals surface area contributed by atoms with E-state index in [0.717, 1.165) is 85.3 Å². The minimum absolute atomic E-state index is 0.0377. The van der Waals surface area contributed by atoms with Crippen molar-refractivity contribution in [1.29, 1.82) is 0 Å². The number of benzene rings is 2. The van der Waals surface area contributed by atoms with Gasteiger partial charge in [0, 0.05) is 62.9 Å². The Morgan fingerprint density at radius 2 is 1.75 bits per heavy atom. The zero-order valence-electron chi connectivity index (χ0n) is 43.7. The number of fused-ring (bicyclic) bond motifs is 3. The SMILES string of the molecule is Cc1ncsc1-c1ccc([C@H](C)NC(=O)[C@@H]2C[C@@H](O[Si](C)(C)C(C)(C)C)CN2C(=O)[C@@H](c2cc(OCCN3CCC(N4CCN5c6cc(-c7ccccc7O)nnc6N[C@@H](C)[C@@H]5C4)CC3)no2)C(C)C)cc1. The van der Waals surface area contributed by atoms with E-state index in [9.17, 15) is 14.7 Å². The number of anilines is 2. The number of phenolic OH excluding ortho intramolecular Hbond substituents is 1. The lowest BCUT2D eigenvalue weighted by atomic mass is 9.91. The molecule has 3 fully saturated rings. The number of carbonyl (C=O) groups is 2. The normalized spacial score (nSPS) is 22.0. The summed E-state index contributed by atoms with van der Waals surface area (Å²) in [6.45, 7) is 27.6. The van der Waals surface area contributed by atoms with Gasteiger partial charge in [-0.15, -0.1) is 21.5 Å². The first-order valence-electron chi connectivity index (χ1n) is 25.9. The van der Waals surface area contributed by atoms with Crippen LogP contribution in [0.5, 0.6) is 11.6 Å². The summed E-state index contributed by atoms with van der Waals surface area (Å²) < 4.78 is 19.0. The molecule has 3 N–H and O–H groups in total. The molecule has 72 heavy (non-hydrogen) atoms. The number of nitrogens with one attached hydrogen (secondary N) is 2. The number of hydrogen-bond acceptors (Lipinski definition) is 15. The number of hydrogen-bond donors (Lipinski definition) is 3. The van der Waals surface area contributed by atoms with E-state index in [4.69, 9.17) is 13.7 Å². The minimum atomic E-state index is -2.23. The van der Waals surface area contributed by atoms with Crippen LogP contribution in [0.4, 0.5) is 11.5 Å². The fraction of sp³-hybridized carbons (Fsp3) is 0.556. The van der Waals surface area contributed by atoms with E-state index in [2.05, 4.69) is 105 Å². The first kappa shape index (κ1) is 51.5. The van der Waals surface area contributed by atoms with Gasteiger partial charge in [-0.25, -0.2) is 4.98 Å². The number of thiazole rings is 1. The van der Waals surface area contributed by atoms with Gasteiger partial charge in [-0.05, 0) is 105 Å². The van der Waals surface area contributed by atoms with Gasteiger partial charge in [0.25, 0.3) is 5.88 Å². The van der Waals surface area contributed by atoms with Crippen LogP contribution in [0.15, 0.2) is 70.7 Å². The number of rotatable bonds is 15. The van der Waals surface area contributed by atoms with Gasteiger partial charge in [0.15, 0.2) is 19.9 Å². The maximum absolute atomic E-state index is 14.9. The highest BCUT2D eigenvalue weighted by atomic mass is 32.1. The Morgan fingerprint density at radius 3 is 2.44 bits per heavy atom. The van der Waals surface area contributed by atoms with Crippen LogP contribution < -0.4 is 20.3 Å². The van der Waals surface area contributed by atoms with E-state index in [1.54, 1.807) is 28.4 Å². The van der Waals surface area contributed by atoms with Gasteiger partial charge in [-0.2, -0.15) is 0 Å². The van der Waals surface area contributed by atoms with Crippen molar-refractivity contribution in [2.45, 2.75) is 135 Å². The van der Waals surface area contributed by atoms with Gasteiger partial charge in [-0.3, -0.25) is 19.4 Å². The predicted octanol–water partition coefficient (Wildman–Crippen LogP) is 8.73. The highest BCUT2D eigenvalue weighted by molar-refractivity contribution is 7.13. The molecule has 7 heterocycles. The highest BCUT2D eigenvalue weighted by Gasteiger charge is 2.48. The van der Waals surface area contributed by atoms with Gasteiger partial charge in [0.2, 0.25) is 11.8 Å². The highest BCUT2D eigenvalue weighted by Crippen LogP contribution is 2.41. The Hall–Kier alpha value is -5.40. The number of piperidine rings is 1. The average Bonchev–Trinajstić information content (AvgIpc) is 4.11. The fourth-order valence-corrected chi connectivity index (χ4v) is 12.9. The molecule has 18 heteroatoms. The molecule has 0 aliphatic carbocycles. The summed E-state index contributed by atoms with van der Waals surface area (Å²) in [5, 5.41) is 30.6. The number of aromatic nitrogens is 4. The van der Waals surface area contributed by atoms with Crippen LogP contribution in [0.3, 0.4) is 0 Å². The largest absolute Gasteiger partial charge is 0.507 e. The topological polar surface area (TPSA) is 175 Å². The van der Waals surface area contributed by atoms with Gasteiger partial charge in [0.1, 0.15) is 24.3 Å². The molecule has 4 aliphatic rings. The van der Waals surface area contributed by atoms with Crippen molar-refractivity contribution in [1.82, 2.24) is 40.4 Å². The Morgan fingerprint density at radius 1 is 1.00 bits per heavy atom. The second kappa shape index (κ2) is 21.2.